The van der Waals surface area contributed by atoms with Gasteiger partial charge in [-0.1, -0.05) is 18.2 Å². The van der Waals surface area contributed by atoms with Crippen LogP contribution in [0.4, 0.5) is 0 Å². The van der Waals surface area contributed by atoms with Gasteiger partial charge in [-0.3, -0.25) is 4.79 Å². The van der Waals surface area contributed by atoms with Gasteiger partial charge in [-0.25, -0.2) is 9.48 Å². The summed E-state index contributed by atoms with van der Waals surface area (Å²) >= 11 is 0. The maximum atomic E-state index is 11.4. The van der Waals surface area contributed by atoms with Crippen molar-refractivity contribution < 1.29 is 14.7 Å². The van der Waals surface area contributed by atoms with Gasteiger partial charge in [-0.15, -0.1) is 0 Å². The number of carbonyl (C=O) groups excluding carboxylic acids is 1. The molecule has 0 radical (unpaired) electrons. The summed E-state index contributed by atoms with van der Waals surface area (Å²) in [5.41, 5.74) is 1.30. The van der Waals surface area contributed by atoms with Gasteiger partial charge in [0.2, 0.25) is 6.41 Å². The van der Waals surface area contributed by atoms with Crippen LogP contribution in [0, 0.1) is 0 Å². The first kappa shape index (κ1) is 13.8. The van der Waals surface area contributed by atoms with Gasteiger partial charge in [0.25, 0.3) is 0 Å². The van der Waals surface area contributed by atoms with E-state index in [0.717, 1.165) is 5.69 Å². The number of hydrogen-bond acceptors (Lipinski definition) is 3. The zero-order valence-electron chi connectivity index (χ0n) is 11.0. The van der Waals surface area contributed by atoms with E-state index < -0.39 is 12.0 Å². The molecule has 1 amide bonds. The lowest BCUT2D eigenvalue weighted by atomic mass is 10.1. The number of para-hydroxylation sites is 1. The Morgan fingerprint density at radius 1 is 1.45 bits per heavy atom. The SMILES string of the molecule is CCN(C=O)C(C(=O)O)c1cnn(-c2ccccc2)c1. The number of aromatic nitrogens is 2. The summed E-state index contributed by atoms with van der Waals surface area (Å²) in [4.78, 5) is 23.6. The summed E-state index contributed by atoms with van der Waals surface area (Å²) in [6, 6.07) is 8.34. The topological polar surface area (TPSA) is 75.4 Å². The number of aliphatic carboxylic acids is 1. The van der Waals surface area contributed by atoms with E-state index in [1.165, 1.54) is 11.1 Å². The predicted molar refractivity (Wildman–Crippen MR) is 72.4 cm³/mol. The van der Waals surface area contributed by atoms with Crippen LogP contribution in [0.1, 0.15) is 18.5 Å². The van der Waals surface area contributed by atoms with E-state index in [0.29, 0.717) is 18.5 Å². The van der Waals surface area contributed by atoms with Crippen molar-refractivity contribution in [2.24, 2.45) is 0 Å². The second kappa shape index (κ2) is 6.01. The average molecular weight is 273 g/mol. The Morgan fingerprint density at radius 2 is 2.15 bits per heavy atom. The highest BCUT2D eigenvalue weighted by atomic mass is 16.4. The average Bonchev–Trinajstić information content (AvgIpc) is 2.94. The second-order valence-corrected chi connectivity index (χ2v) is 4.23. The van der Waals surface area contributed by atoms with Gasteiger partial charge in [-0.05, 0) is 19.1 Å². The smallest absolute Gasteiger partial charge is 0.331 e. The summed E-state index contributed by atoms with van der Waals surface area (Å²) in [6.45, 7) is 2.04. The Bertz CT molecular complexity index is 595. The number of hydrogen-bond donors (Lipinski definition) is 1. The van der Waals surface area contributed by atoms with Gasteiger partial charge in [0.15, 0.2) is 6.04 Å². The van der Waals surface area contributed by atoms with E-state index >= 15 is 0 Å². The summed E-state index contributed by atoms with van der Waals surface area (Å²) in [6.07, 6.45) is 3.64. The first-order chi connectivity index (χ1) is 9.67. The Morgan fingerprint density at radius 3 is 2.70 bits per heavy atom. The maximum Gasteiger partial charge on any atom is 0.331 e. The van der Waals surface area contributed by atoms with Gasteiger partial charge < -0.3 is 10.0 Å². The van der Waals surface area contributed by atoms with Crippen LogP contribution in [-0.4, -0.2) is 38.7 Å². The van der Waals surface area contributed by atoms with Crippen LogP contribution in [0.25, 0.3) is 5.69 Å². The zero-order chi connectivity index (χ0) is 14.5. The minimum atomic E-state index is -1.08. The molecule has 0 saturated heterocycles. The molecule has 20 heavy (non-hydrogen) atoms. The highest BCUT2D eigenvalue weighted by molar-refractivity contribution is 5.78. The molecule has 1 unspecified atom stereocenters. The van der Waals surface area contributed by atoms with Crippen molar-refractivity contribution in [2.75, 3.05) is 6.54 Å². The van der Waals surface area contributed by atoms with E-state index in [1.807, 2.05) is 30.3 Å². The fraction of sp³-hybridized carbons (Fsp3) is 0.214. The van der Waals surface area contributed by atoms with E-state index in [2.05, 4.69) is 5.10 Å². The van der Waals surface area contributed by atoms with E-state index in [1.54, 1.807) is 17.8 Å². The monoisotopic (exact) mass is 273 g/mol. The van der Waals surface area contributed by atoms with Crippen molar-refractivity contribution in [3.8, 4) is 5.69 Å². The van der Waals surface area contributed by atoms with Crippen LogP contribution in [0.5, 0.6) is 0 Å². The summed E-state index contributed by atoms with van der Waals surface area (Å²) in [7, 11) is 0. The van der Waals surface area contributed by atoms with Gasteiger partial charge >= 0.3 is 5.97 Å². The quantitative estimate of drug-likeness (QED) is 0.809. The summed E-state index contributed by atoms with van der Waals surface area (Å²) < 4.78 is 1.59. The van der Waals surface area contributed by atoms with Crippen molar-refractivity contribution in [1.82, 2.24) is 14.7 Å². The van der Waals surface area contributed by atoms with Crippen molar-refractivity contribution >= 4 is 12.4 Å². The maximum absolute atomic E-state index is 11.4. The first-order valence-corrected chi connectivity index (χ1v) is 6.21. The minimum absolute atomic E-state index is 0.316. The third-order valence-corrected chi connectivity index (χ3v) is 3.01. The number of carboxylic acid groups (broad SMARTS) is 1. The summed E-state index contributed by atoms with van der Waals surface area (Å²) in [5, 5.41) is 13.5. The van der Waals surface area contributed by atoms with Crippen LogP contribution in [-0.2, 0) is 9.59 Å². The molecule has 0 aliphatic carbocycles. The molecule has 0 bridgehead atoms. The molecule has 2 aromatic rings. The third kappa shape index (κ3) is 2.69. The highest BCUT2D eigenvalue weighted by Crippen LogP contribution is 2.20. The van der Waals surface area contributed by atoms with Crippen LogP contribution in [0.2, 0.25) is 0 Å². The molecule has 0 saturated carbocycles. The van der Waals surface area contributed by atoms with Crippen molar-refractivity contribution in [1.29, 1.82) is 0 Å². The van der Waals surface area contributed by atoms with Gasteiger partial charge in [0, 0.05) is 18.3 Å². The van der Waals surface area contributed by atoms with E-state index in [4.69, 9.17) is 0 Å². The molecule has 1 aromatic heterocycles. The van der Waals surface area contributed by atoms with E-state index in [-0.39, 0.29) is 0 Å². The molecule has 6 nitrogen and oxygen atoms in total. The lowest BCUT2D eigenvalue weighted by molar-refractivity contribution is -0.146. The third-order valence-electron chi connectivity index (χ3n) is 3.01. The predicted octanol–water partition coefficient (Wildman–Crippen LogP) is 1.48. The Labute approximate surface area is 116 Å². The van der Waals surface area contributed by atoms with Gasteiger partial charge in [0.05, 0.1) is 11.9 Å². The molecule has 0 fully saturated rings. The fourth-order valence-electron chi connectivity index (χ4n) is 1.99. The Kier molecular flexibility index (Phi) is 4.14. The minimum Gasteiger partial charge on any atom is -0.479 e. The number of nitrogens with zero attached hydrogens (tertiary/aromatic N) is 3. The molecular formula is C14H15N3O3. The van der Waals surface area contributed by atoms with Crippen molar-refractivity contribution in [3.63, 3.8) is 0 Å². The second-order valence-electron chi connectivity index (χ2n) is 4.23. The fourth-order valence-corrected chi connectivity index (χ4v) is 1.99. The number of likely N-dealkylation sites (N-methyl/N-ethyl adjacent to an activating group) is 1. The van der Waals surface area contributed by atoms with E-state index in [9.17, 15) is 14.7 Å². The number of carbonyl (C=O) groups is 2. The lowest BCUT2D eigenvalue weighted by Gasteiger charge is -2.22. The highest BCUT2D eigenvalue weighted by Gasteiger charge is 2.26. The molecule has 104 valence electrons. The normalized spacial score (nSPS) is 11.8. The largest absolute Gasteiger partial charge is 0.479 e. The number of amides is 1. The van der Waals surface area contributed by atoms with Crippen molar-refractivity contribution in [3.05, 3.63) is 48.3 Å². The molecule has 1 aromatic carbocycles. The van der Waals surface area contributed by atoms with Crippen molar-refractivity contribution in [2.45, 2.75) is 13.0 Å². The van der Waals surface area contributed by atoms with Crippen LogP contribution >= 0.6 is 0 Å². The molecule has 2 rings (SSSR count). The molecular weight excluding hydrogens is 258 g/mol. The first-order valence-electron chi connectivity index (χ1n) is 6.21. The molecule has 0 spiro atoms. The zero-order valence-corrected chi connectivity index (χ0v) is 11.0. The molecule has 6 heteroatoms. The molecule has 0 aliphatic rings. The lowest BCUT2D eigenvalue weighted by Crippen LogP contribution is -2.32. The molecule has 0 aliphatic heterocycles. The van der Waals surface area contributed by atoms with Crippen LogP contribution < -0.4 is 0 Å². The standard InChI is InChI=1S/C14H15N3O3/c1-2-16(10-18)13(14(19)20)11-8-15-17(9-11)12-6-4-3-5-7-12/h3-10,13H,2H2,1H3,(H,19,20). The van der Waals surface area contributed by atoms with Crippen LogP contribution in [0.3, 0.4) is 0 Å². The number of carboxylic acids is 1. The summed E-state index contributed by atoms with van der Waals surface area (Å²) in [5.74, 6) is -1.08. The Balaban J connectivity index is 2.35. The molecule has 1 heterocycles. The molecule has 1 N–H and O–H groups in total. The Hall–Kier alpha value is -2.63. The van der Waals surface area contributed by atoms with Gasteiger partial charge in [0.1, 0.15) is 0 Å². The number of benzene rings is 1. The molecule has 1 atom stereocenters. The number of rotatable bonds is 6. The van der Waals surface area contributed by atoms with Gasteiger partial charge in [-0.2, -0.15) is 5.10 Å². The van der Waals surface area contributed by atoms with Crippen LogP contribution in [0.15, 0.2) is 42.7 Å².